The molecule has 0 amide bonds. The summed E-state index contributed by atoms with van der Waals surface area (Å²) in [7, 11) is 0. The molecule has 0 N–H and O–H groups in total. The van der Waals surface area contributed by atoms with Gasteiger partial charge in [0.2, 0.25) is 5.82 Å². The van der Waals surface area contributed by atoms with E-state index in [2.05, 4.69) is 28.3 Å². The molecule has 1 unspecified atom stereocenters. The van der Waals surface area contributed by atoms with Crippen LogP contribution < -0.4 is 0 Å². The molecule has 0 saturated carbocycles. The highest BCUT2D eigenvalue weighted by molar-refractivity contribution is 5.87. The molecule has 5 nitrogen and oxygen atoms in total. The van der Waals surface area contributed by atoms with Crippen LogP contribution in [0.25, 0.3) is 22.8 Å². The topological polar surface area (TPSA) is 60.5 Å². The van der Waals surface area contributed by atoms with Gasteiger partial charge in [0.1, 0.15) is 0 Å². The number of nitrogens with zero attached hydrogens (tertiary/aromatic N) is 3. The van der Waals surface area contributed by atoms with Gasteiger partial charge in [-0.2, -0.15) is 4.98 Å². The predicted octanol–water partition coefficient (Wildman–Crippen LogP) is 4.61. The Morgan fingerprint density at radius 3 is 2.74 bits per heavy atom. The van der Waals surface area contributed by atoms with Crippen molar-refractivity contribution in [2.45, 2.75) is 25.8 Å². The van der Waals surface area contributed by atoms with Gasteiger partial charge in [0.15, 0.2) is 0 Å². The molecule has 5 heteroatoms. The summed E-state index contributed by atoms with van der Waals surface area (Å²) in [6, 6.07) is 14.6. The lowest BCUT2D eigenvalue weighted by atomic mass is 9.87. The molecule has 1 saturated heterocycles. The number of ether oxygens (including phenoxy) is 1. The van der Waals surface area contributed by atoms with Crippen LogP contribution in [0, 0.1) is 12.8 Å². The van der Waals surface area contributed by atoms with Crippen molar-refractivity contribution in [1.82, 2.24) is 10.1 Å². The molecule has 1 fully saturated rings. The average molecular weight is 359 g/mol. The number of hydrogen-bond acceptors (Lipinski definition) is 5. The van der Waals surface area contributed by atoms with Gasteiger partial charge in [-0.15, -0.1) is 0 Å². The maximum Gasteiger partial charge on any atom is 0.258 e. The zero-order valence-corrected chi connectivity index (χ0v) is 15.3. The van der Waals surface area contributed by atoms with Gasteiger partial charge in [0, 0.05) is 30.6 Å². The Hall–Kier alpha value is -2.79. The maximum atomic E-state index is 5.54. The summed E-state index contributed by atoms with van der Waals surface area (Å²) in [4.78, 5) is 9.39. The average Bonchev–Trinajstić information content (AvgIpc) is 3.36. The van der Waals surface area contributed by atoms with E-state index in [-0.39, 0.29) is 6.04 Å². The van der Waals surface area contributed by atoms with Crippen LogP contribution in [0.1, 0.15) is 35.6 Å². The number of rotatable bonds is 3. The minimum absolute atomic E-state index is 0.253. The number of benzene rings is 2. The van der Waals surface area contributed by atoms with E-state index in [1.54, 1.807) is 0 Å². The molecule has 0 spiro atoms. The quantitative estimate of drug-likeness (QED) is 0.685. The van der Waals surface area contributed by atoms with E-state index in [1.807, 2.05) is 37.4 Å². The molecule has 5 rings (SSSR count). The predicted molar refractivity (Wildman–Crippen MR) is 104 cm³/mol. The highest BCUT2D eigenvalue weighted by Crippen LogP contribution is 2.39. The Balaban J connectivity index is 1.43. The molecular formula is C22H21N3O2. The minimum atomic E-state index is 0.253. The largest absolute Gasteiger partial charge is 0.381 e. The van der Waals surface area contributed by atoms with Gasteiger partial charge in [0.25, 0.3) is 5.89 Å². The first kappa shape index (κ1) is 16.4. The summed E-state index contributed by atoms with van der Waals surface area (Å²) in [5.74, 6) is 1.73. The number of aliphatic imine (C=N–C) groups is 1. The lowest BCUT2D eigenvalue weighted by molar-refractivity contribution is 0.0590. The van der Waals surface area contributed by atoms with Gasteiger partial charge >= 0.3 is 0 Å². The second kappa shape index (κ2) is 6.74. The van der Waals surface area contributed by atoms with E-state index in [0.29, 0.717) is 17.6 Å². The summed E-state index contributed by atoms with van der Waals surface area (Å²) >= 11 is 0. The first-order valence-electron chi connectivity index (χ1n) is 9.44. The van der Waals surface area contributed by atoms with Crippen LogP contribution in [0.4, 0.5) is 0 Å². The van der Waals surface area contributed by atoms with E-state index in [0.717, 1.165) is 48.3 Å². The fourth-order valence-corrected chi connectivity index (χ4v) is 4.01. The third-order valence-electron chi connectivity index (χ3n) is 5.55. The van der Waals surface area contributed by atoms with E-state index in [9.17, 15) is 0 Å². The molecule has 3 aromatic rings. The van der Waals surface area contributed by atoms with E-state index in [4.69, 9.17) is 14.3 Å². The Labute approximate surface area is 158 Å². The second-order valence-corrected chi connectivity index (χ2v) is 7.25. The van der Waals surface area contributed by atoms with Gasteiger partial charge in [-0.3, -0.25) is 4.99 Å². The zero-order chi connectivity index (χ0) is 18.2. The van der Waals surface area contributed by atoms with Crippen LogP contribution in [0.2, 0.25) is 0 Å². The molecule has 2 aliphatic rings. The van der Waals surface area contributed by atoms with Crippen molar-refractivity contribution in [2.75, 3.05) is 13.2 Å². The van der Waals surface area contributed by atoms with Crippen molar-refractivity contribution < 1.29 is 9.26 Å². The van der Waals surface area contributed by atoms with Gasteiger partial charge in [-0.25, -0.2) is 0 Å². The highest BCUT2D eigenvalue weighted by atomic mass is 16.5. The number of fused-ring (bicyclic) bond motifs is 1. The van der Waals surface area contributed by atoms with Crippen molar-refractivity contribution in [3.05, 3.63) is 59.2 Å². The standard InChI is InChI=1S/C22H21N3O2/c1-14-4-2-3-5-18(14)21-24-22(27-25-21)16-6-7-19-17(12-16)13-23-20(19)15-8-10-26-11-9-15/h2-7,12-13,15,20H,8-11H2,1H3. The Morgan fingerprint density at radius 2 is 1.89 bits per heavy atom. The number of aryl methyl sites for hydroxylation is 1. The fourth-order valence-electron chi connectivity index (χ4n) is 4.01. The van der Waals surface area contributed by atoms with Crippen LogP contribution >= 0.6 is 0 Å². The van der Waals surface area contributed by atoms with Crippen LogP contribution in [0.5, 0.6) is 0 Å². The molecule has 0 aliphatic carbocycles. The van der Waals surface area contributed by atoms with Gasteiger partial charge < -0.3 is 9.26 Å². The molecule has 0 radical (unpaired) electrons. The number of aromatic nitrogens is 2. The number of hydrogen-bond donors (Lipinski definition) is 0. The fraction of sp³-hybridized carbons (Fsp3) is 0.318. The molecule has 3 heterocycles. The van der Waals surface area contributed by atoms with Crippen molar-refractivity contribution in [2.24, 2.45) is 10.9 Å². The van der Waals surface area contributed by atoms with Crippen molar-refractivity contribution in [1.29, 1.82) is 0 Å². The lowest BCUT2D eigenvalue weighted by Crippen LogP contribution is -2.20. The van der Waals surface area contributed by atoms with Crippen LogP contribution in [0.15, 0.2) is 52.0 Å². The van der Waals surface area contributed by atoms with Crippen molar-refractivity contribution in [3.8, 4) is 22.8 Å². The van der Waals surface area contributed by atoms with Crippen LogP contribution in [-0.4, -0.2) is 29.6 Å². The Bertz CT molecular complexity index is 1000. The molecule has 27 heavy (non-hydrogen) atoms. The van der Waals surface area contributed by atoms with E-state index >= 15 is 0 Å². The van der Waals surface area contributed by atoms with E-state index in [1.165, 1.54) is 5.56 Å². The maximum absolute atomic E-state index is 5.54. The molecular weight excluding hydrogens is 338 g/mol. The molecule has 2 aliphatic heterocycles. The van der Waals surface area contributed by atoms with Crippen molar-refractivity contribution >= 4 is 6.21 Å². The summed E-state index contributed by atoms with van der Waals surface area (Å²) in [6.07, 6.45) is 4.14. The second-order valence-electron chi connectivity index (χ2n) is 7.25. The smallest absolute Gasteiger partial charge is 0.258 e. The van der Waals surface area contributed by atoms with Gasteiger partial charge in [0.05, 0.1) is 6.04 Å². The molecule has 2 aromatic carbocycles. The Morgan fingerprint density at radius 1 is 1.04 bits per heavy atom. The highest BCUT2D eigenvalue weighted by Gasteiger charge is 2.29. The monoisotopic (exact) mass is 359 g/mol. The van der Waals surface area contributed by atoms with Gasteiger partial charge in [-0.1, -0.05) is 35.5 Å². The summed E-state index contributed by atoms with van der Waals surface area (Å²) in [5.41, 5.74) is 5.50. The summed E-state index contributed by atoms with van der Waals surface area (Å²) in [6.45, 7) is 3.73. The van der Waals surface area contributed by atoms with E-state index < -0.39 is 0 Å². The summed E-state index contributed by atoms with van der Waals surface area (Å²) in [5, 5.41) is 4.17. The molecule has 1 aromatic heterocycles. The third-order valence-corrected chi connectivity index (χ3v) is 5.55. The van der Waals surface area contributed by atoms with Crippen LogP contribution in [0.3, 0.4) is 0 Å². The van der Waals surface area contributed by atoms with Crippen molar-refractivity contribution in [3.63, 3.8) is 0 Å². The minimum Gasteiger partial charge on any atom is -0.381 e. The first-order chi connectivity index (χ1) is 13.3. The first-order valence-corrected chi connectivity index (χ1v) is 9.44. The normalized spacial score (nSPS) is 19.4. The van der Waals surface area contributed by atoms with Crippen LogP contribution in [-0.2, 0) is 4.74 Å². The zero-order valence-electron chi connectivity index (χ0n) is 15.3. The lowest BCUT2D eigenvalue weighted by Gasteiger charge is -2.26. The Kier molecular flexibility index (Phi) is 4.09. The van der Waals surface area contributed by atoms with Gasteiger partial charge in [-0.05, 0) is 54.5 Å². The molecule has 136 valence electrons. The molecule has 0 bridgehead atoms. The SMILES string of the molecule is Cc1ccccc1-c1noc(-c2ccc3c(c2)C=NC3C2CCOCC2)n1. The molecule has 1 atom stereocenters. The summed E-state index contributed by atoms with van der Waals surface area (Å²) < 4.78 is 11.0. The third kappa shape index (κ3) is 2.98.